The summed E-state index contributed by atoms with van der Waals surface area (Å²) in [6, 6.07) is 0. The number of carbonyl (C=O) groups excluding carboxylic acids is 1. The lowest BCUT2D eigenvalue weighted by atomic mass is 9.89. The molecule has 3 rings (SSSR count). The van der Waals surface area contributed by atoms with Crippen molar-refractivity contribution in [3.8, 4) is 0 Å². The number of fused-ring (bicyclic) bond motifs is 3. The van der Waals surface area contributed by atoms with E-state index in [2.05, 4.69) is 26.1 Å². The second-order valence-electron chi connectivity index (χ2n) is 8.22. The number of carbonyl (C=O) groups is 1. The average Bonchev–Trinajstić information content (AvgIpc) is 2.98. The van der Waals surface area contributed by atoms with E-state index in [4.69, 9.17) is 4.98 Å². The Bertz CT molecular complexity index is 916. The first-order valence-electron chi connectivity index (χ1n) is 10.3. The smallest absolute Gasteiger partial charge is 0.263 e. The van der Waals surface area contributed by atoms with Crippen molar-refractivity contribution >= 4 is 39.2 Å². The Morgan fingerprint density at radius 1 is 1.39 bits per heavy atom. The minimum atomic E-state index is -0.288. The van der Waals surface area contributed by atoms with E-state index < -0.39 is 0 Å². The van der Waals surface area contributed by atoms with Gasteiger partial charge in [0.05, 0.1) is 10.6 Å². The molecule has 0 unspecified atom stereocenters. The first-order chi connectivity index (χ1) is 13.3. The molecular formula is C21H31N3O2S2. The minimum absolute atomic E-state index is 0.0171. The SMILES string of the molecule is CCNC(=O)[C@H](C)Sc1nc2sc3c(c2c(=O)n1CCC(C)C)CC[C@@H](C)C3. The Balaban J connectivity index is 2.06. The summed E-state index contributed by atoms with van der Waals surface area (Å²) in [5, 5.41) is 4.07. The summed E-state index contributed by atoms with van der Waals surface area (Å²) in [5.74, 6) is 1.14. The van der Waals surface area contributed by atoms with Crippen molar-refractivity contribution in [1.82, 2.24) is 14.9 Å². The van der Waals surface area contributed by atoms with Crippen molar-refractivity contribution in [1.29, 1.82) is 0 Å². The molecule has 1 aliphatic rings. The lowest BCUT2D eigenvalue weighted by Gasteiger charge is -2.18. The van der Waals surface area contributed by atoms with Crippen LogP contribution in [0.2, 0.25) is 0 Å². The summed E-state index contributed by atoms with van der Waals surface area (Å²) in [5.41, 5.74) is 1.30. The highest BCUT2D eigenvalue weighted by Gasteiger charge is 2.26. The van der Waals surface area contributed by atoms with Gasteiger partial charge in [-0.05, 0) is 56.9 Å². The van der Waals surface area contributed by atoms with E-state index in [1.165, 1.54) is 22.2 Å². The third-order valence-electron chi connectivity index (χ3n) is 5.31. The molecule has 0 fully saturated rings. The Kier molecular flexibility index (Phi) is 6.86. The summed E-state index contributed by atoms with van der Waals surface area (Å²) < 4.78 is 1.81. The molecule has 1 amide bonds. The van der Waals surface area contributed by atoms with Crippen molar-refractivity contribution in [2.45, 2.75) is 77.3 Å². The number of hydrogen-bond acceptors (Lipinski definition) is 5. The van der Waals surface area contributed by atoms with E-state index in [9.17, 15) is 9.59 Å². The molecule has 2 atom stereocenters. The molecule has 1 N–H and O–H groups in total. The van der Waals surface area contributed by atoms with Crippen LogP contribution in [0.1, 0.15) is 57.9 Å². The molecule has 5 nitrogen and oxygen atoms in total. The van der Waals surface area contributed by atoms with Gasteiger partial charge >= 0.3 is 0 Å². The number of aromatic nitrogens is 2. The highest BCUT2D eigenvalue weighted by Crippen LogP contribution is 2.37. The van der Waals surface area contributed by atoms with Crippen LogP contribution in [0.15, 0.2) is 9.95 Å². The van der Waals surface area contributed by atoms with E-state index in [1.54, 1.807) is 11.3 Å². The molecule has 28 heavy (non-hydrogen) atoms. The normalized spacial score (nSPS) is 17.7. The first kappa shape index (κ1) is 21.4. The van der Waals surface area contributed by atoms with E-state index >= 15 is 0 Å². The van der Waals surface area contributed by atoms with E-state index in [-0.39, 0.29) is 16.7 Å². The number of nitrogens with zero attached hydrogens (tertiary/aromatic N) is 2. The molecule has 2 aromatic heterocycles. The number of amides is 1. The van der Waals surface area contributed by atoms with Crippen LogP contribution in [-0.4, -0.2) is 27.3 Å². The molecule has 0 radical (unpaired) electrons. The fraction of sp³-hybridized carbons (Fsp3) is 0.667. The van der Waals surface area contributed by atoms with Crippen molar-refractivity contribution in [2.75, 3.05) is 6.54 Å². The van der Waals surface area contributed by atoms with Crippen molar-refractivity contribution in [3.05, 3.63) is 20.8 Å². The van der Waals surface area contributed by atoms with Crippen LogP contribution >= 0.6 is 23.1 Å². The Morgan fingerprint density at radius 2 is 2.14 bits per heavy atom. The molecule has 0 saturated carbocycles. The number of aryl methyl sites for hydroxylation is 1. The van der Waals surface area contributed by atoms with E-state index in [1.807, 2.05) is 18.4 Å². The molecule has 0 aliphatic heterocycles. The summed E-state index contributed by atoms with van der Waals surface area (Å²) in [6.07, 6.45) is 4.06. The molecule has 0 aromatic carbocycles. The number of hydrogen-bond donors (Lipinski definition) is 1. The highest BCUT2D eigenvalue weighted by atomic mass is 32.2. The zero-order valence-electron chi connectivity index (χ0n) is 17.5. The standard InChI is InChI=1S/C21H31N3O2S2/c1-6-22-18(25)14(5)27-21-23-19-17(20(26)24(21)10-9-12(2)3)15-8-7-13(4)11-16(15)28-19/h12-14H,6-11H2,1-5H3,(H,22,25)/t13-,14+/m1/s1. The minimum Gasteiger partial charge on any atom is -0.355 e. The van der Waals surface area contributed by atoms with Crippen LogP contribution in [0.3, 0.4) is 0 Å². The maximum absolute atomic E-state index is 13.5. The van der Waals surface area contributed by atoms with Crippen molar-refractivity contribution in [2.24, 2.45) is 11.8 Å². The molecule has 0 saturated heterocycles. The molecule has 154 valence electrons. The maximum Gasteiger partial charge on any atom is 0.263 e. The van der Waals surface area contributed by atoms with Crippen molar-refractivity contribution in [3.63, 3.8) is 0 Å². The summed E-state index contributed by atoms with van der Waals surface area (Å²) in [6.45, 7) is 11.6. The van der Waals surface area contributed by atoms with Crippen LogP contribution in [0, 0.1) is 11.8 Å². The monoisotopic (exact) mass is 421 g/mol. The van der Waals surface area contributed by atoms with Gasteiger partial charge in [0.25, 0.3) is 5.56 Å². The van der Waals surface area contributed by atoms with Gasteiger partial charge in [0, 0.05) is 18.0 Å². The number of rotatable bonds is 7. The Morgan fingerprint density at radius 3 is 2.82 bits per heavy atom. The second kappa shape index (κ2) is 8.99. The third kappa shape index (κ3) is 4.46. The fourth-order valence-electron chi connectivity index (χ4n) is 3.61. The molecule has 7 heteroatoms. The van der Waals surface area contributed by atoms with Crippen LogP contribution in [0.4, 0.5) is 0 Å². The van der Waals surface area contributed by atoms with Gasteiger partial charge in [0.1, 0.15) is 4.83 Å². The van der Waals surface area contributed by atoms with Crippen LogP contribution in [-0.2, 0) is 24.2 Å². The topological polar surface area (TPSA) is 64.0 Å². The highest BCUT2D eigenvalue weighted by molar-refractivity contribution is 8.00. The predicted octanol–water partition coefficient (Wildman–Crippen LogP) is 4.25. The fourth-order valence-corrected chi connectivity index (χ4v) is 5.99. The van der Waals surface area contributed by atoms with Gasteiger partial charge in [-0.1, -0.05) is 32.5 Å². The largest absolute Gasteiger partial charge is 0.355 e. The molecule has 0 bridgehead atoms. The first-order valence-corrected chi connectivity index (χ1v) is 12.0. The lowest BCUT2D eigenvalue weighted by molar-refractivity contribution is -0.120. The van der Waals surface area contributed by atoms with Gasteiger partial charge in [0.15, 0.2) is 5.16 Å². The summed E-state index contributed by atoms with van der Waals surface area (Å²) in [4.78, 5) is 32.8. The molecule has 1 aliphatic carbocycles. The van der Waals surface area contributed by atoms with Gasteiger partial charge in [-0.25, -0.2) is 4.98 Å². The van der Waals surface area contributed by atoms with E-state index in [0.717, 1.165) is 35.9 Å². The zero-order valence-corrected chi connectivity index (χ0v) is 19.1. The van der Waals surface area contributed by atoms with Gasteiger partial charge in [-0.3, -0.25) is 14.2 Å². The van der Waals surface area contributed by atoms with Crippen LogP contribution in [0.25, 0.3) is 10.2 Å². The van der Waals surface area contributed by atoms with Crippen LogP contribution < -0.4 is 10.9 Å². The Hall–Kier alpha value is -1.34. The molecule has 0 spiro atoms. The average molecular weight is 422 g/mol. The lowest BCUT2D eigenvalue weighted by Crippen LogP contribution is -2.32. The second-order valence-corrected chi connectivity index (χ2v) is 10.6. The van der Waals surface area contributed by atoms with Gasteiger partial charge in [-0.2, -0.15) is 0 Å². The molecular weight excluding hydrogens is 390 g/mol. The number of nitrogens with one attached hydrogen (secondary N) is 1. The van der Waals surface area contributed by atoms with E-state index in [0.29, 0.717) is 30.1 Å². The van der Waals surface area contributed by atoms with Gasteiger partial charge < -0.3 is 5.32 Å². The third-order valence-corrected chi connectivity index (χ3v) is 7.55. The van der Waals surface area contributed by atoms with Crippen LogP contribution in [0.5, 0.6) is 0 Å². The van der Waals surface area contributed by atoms with Crippen molar-refractivity contribution < 1.29 is 4.79 Å². The van der Waals surface area contributed by atoms with Gasteiger partial charge in [-0.15, -0.1) is 11.3 Å². The summed E-state index contributed by atoms with van der Waals surface area (Å²) >= 11 is 3.06. The Labute approximate surface area is 175 Å². The maximum atomic E-state index is 13.5. The number of thiophene rings is 1. The summed E-state index contributed by atoms with van der Waals surface area (Å²) in [7, 11) is 0. The molecule has 2 aromatic rings. The predicted molar refractivity (Wildman–Crippen MR) is 119 cm³/mol. The number of thioether (sulfide) groups is 1. The van der Waals surface area contributed by atoms with Gasteiger partial charge in [0.2, 0.25) is 5.91 Å². The quantitative estimate of drug-likeness (QED) is 0.536. The molecule has 2 heterocycles. The zero-order chi connectivity index (χ0) is 20.4.